The van der Waals surface area contributed by atoms with E-state index in [9.17, 15) is 0 Å². The zero-order valence-electron chi connectivity index (χ0n) is 15.1. The third kappa shape index (κ3) is 4.30. The fraction of sp³-hybridized carbons (Fsp3) is 0.217. The molecule has 0 radical (unpaired) electrons. The number of anilines is 1. The van der Waals surface area contributed by atoms with Gasteiger partial charge in [0.15, 0.2) is 0 Å². The van der Waals surface area contributed by atoms with E-state index < -0.39 is 0 Å². The smallest absolute Gasteiger partial charge is 0.0598 e. The number of hydrogen-bond acceptors (Lipinski definition) is 2. The summed E-state index contributed by atoms with van der Waals surface area (Å²) >= 11 is 12.3. The first-order valence-corrected chi connectivity index (χ1v) is 10.0. The number of piperazine rings is 1. The highest BCUT2D eigenvalue weighted by Crippen LogP contribution is 2.31. The molecule has 2 nitrogen and oxygen atoms in total. The van der Waals surface area contributed by atoms with Gasteiger partial charge in [-0.3, -0.25) is 4.90 Å². The molecule has 0 bridgehead atoms. The fourth-order valence-corrected chi connectivity index (χ4v) is 3.95. The minimum Gasteiger partial charge on any atom is -0.369 e. The summed E-state index contributed by atoms with van der Waals surface area (Å²) in [7, 11) is 0. The molecule has 27 heavy (non-hydrogen) atoms. The van der Waals surface area contributed by atoms with Gasteiger partial charge in [-0.15, -0.1) is 0 Å². The van der Waals surface area contributed by atoms with Crippen molar-refractivity contribution in [2.45, 2.75) is 6.54 Å². The van der Waals surface area contributed by atoms with Crippen LogP contribution < -0.4 is 4.90 Å². The molecule has 0 atom stereocenters. The van der Waals surface area contributed by atoms with Gasteiger partial charge in [-0.2, -0.15) is 0 Å². The molecular formula is C23H22Cl2N2. The van der Waals surface area contributed by atoms with E-state index in [1.54, 1.807) is 0 Å². The Hall–Kier alpha value is -2.00. The van der Waals surface area contributed by atoms with Crippen LogP contribution in [0.25, 0.3) is 11.1 Å². The van der Waals surface area contributed by atoms with Crippen molar-refractivity contribution in [3.05, 3.63) is 88.4 Å². The van der Waals surface area contributed by atoms with Gasteiger partial charge in [0.1, 0.15) is 0 Å². The van der Waals surface area contributed by atoms with Crippen LogP contribution in [-0.4, -0.2) is 31.1 Å². The first-order valence-electron chi connectivity index (χ1n) is 9.26. The lowest BCUT2D eigenvalue weighted by Gasteiger charge is -2.36. The van der Waals surface area contributed by atoms with Crippen LogP contribution in [0.1, 0.15) is 5.56 Å². The van der Waals surface area contributed by atoms with Gasteiger partial charge in [-0.25, -0.2) is 0 Å². The van der Waals surface area contributed by atoms with Crippen molar-refractivity contribution >= 4 is 28.9 Å². The van der Waals surface area contributed by atoms with Crippen LogP contribution in [0.4, 0.5) is 5.69 Å². The Morgan fingerprint density at radius 3 is 2.15 bits per heavy atom. The lowest BCUT2D eigenvalue weighted by atomic mass is 9.99. The molecule has 3 aromatic carbocycles. The first kappa shape index (κ1) is 18.4. The highest BCUT2D eigenvalue weighted by atomic mass is 35.5. The zero-order valence-corrected chi connectivity index (χ0v) is 16.6. The normalized spacial score (nSPS) is 15.1. The maximum Gasteiger partial charge on any atom is 0.0598 e. The number of para-hydroxylation sites is 1. The van der Waals surface area contributed by atoms with Crippen LogP contribution in [0, 0.1) is 0 Å². The summed E-state index contributed by atoms with van der Waals surface area (Å²) in [4.78, 5) is 4.98. The van der Waals surface area contributed by atoms with Gasteiger partial charge in [0, 0.05) is 38.4 Å². The third-order valence-electron chi connectivity index (χ3n) is 5.14. The van der Waals surface area contributed by atoms with Gasteiger partial charge in [0.2, 0.25) is 0 Å². The molecule has 1 aliphatic rings. The van der Waals surface area contributed by atoms with E-state index in [2.05, 4.69) is 64.4 Å². The molecule has 0 aliphatic carbocycles. The summed E-state index contributed by atoms with van der Waals surface area (Å²) in [5.41, 5.74) is 4.97. The SMILES string of the molecule is Clc1ccc(-c2ccccc2CN2CCN(c3ccccc3)CC2)cc1Cl. The Labute approximate surface area is 170 Å². The Kier molecular flexibility index (Phi) is 5.68. The number of rotatable bonds is 4. The zero-order chi connectivity index (χ0) is 18.6. The van der Waals surface area contributed by atoms with Crippen molar-refractivity contribution < 1.29 is 0 Å². The van der Waals surface area contributed by atoms with E-state index in [-0.39, 0.29) is 0 Å². The predicted molar refractivity (Wildman–Crippen MR) is 116 cm³/mol. The number of benzene rings is 3. The van der Waals surface area contributed by atoms with Crippen molar-refractivity contribution in [1.82, 2.24) is 4.90 Å². The second-order valence-electron chi connectivity index (χ2n) is 6.88. The summed E-state index contributed by atoms with van der Waals surface area (Å²) in [6, 6.07) is 25.1. The molecule has 4 rings (SSSR count). The molecule has 1 heterocycles. The standard InChI is InChI=1S/C23H22Cl2N2/c24-22-11-10-18(16-23(22)25)21-9-5-4-6-19(21)17-26-12-14-27(15-13-26)20-7-2-1-3-8-20/h1-11,16H,12-15,17H2. The Morgan fingerprint density at radius 1 is 0.704 bits per heavy atom. The molecule has 3 aromatic rings. The minimum atomic E-state index is 0.593. The molecule has 0 amide bonds. The van der Waals surface area contributed by atoms with Crippen molar-refractivity contribution in [3.8, 4) is 11.1 Å². The summed E-state index contributed by atoms with van der Waals surface area (Å²) in [5.74, 6) is 0. The predicted octanol–water partition coefficient (Wildman–Crippen LogP) is 5.98. The summed E-state index contributed by atoms with van der Waals surface area (Å²) < 4.78 is 0. The molecule has 138 valence electrons. The van der Waals surface area contributed by atoms with E-state index in [0.717, 1.165) is 38.3 Å². The van der Waals surface area contributed by atoms with Crippen LogP contribution in [0.5, 0.6) is 0 Å². The highest BCUT2D eigenvalue weighted by molar-refractivity contribution is 6.42. The fourth-order valence-electron chi connectivity index (χ4n) is 3.65. The maximum absolute atomic E-state index is 6.23. The van der Waals surface area contributed by atoms with Gasteiger partial charge in [0.05, 0.1) is 10.0 Å². The summed E-state index contributed by atoms with van der Waals surface area (Å²) in [6.07, 6.45) is 0. The average Bonchev–Trinajstić information content (AvgIpc) is 2.72. The van der Waals surface area contributed by atoms with E-state index >= 15 is 0 Å². The average molecular weight is 397 g/mol. The number of hydrogen-bond donors (Lipinski definition) is 0. The first-order chi connectivity index (χ1) is 13.2. The minimum absolute atomic E-state index is 0.593. The summed E-state index contributed by atoms with van der Waals surface area (Å²) in [5, 5.41) is 1.19. The van der Waals surface area contributed by atoms with Crippen molar-refractivity contribution in [1.29, 1.82) is 0 Å². The molecule has 4 heteroatoms. The van der Waals surface area contributed by atoms with E-state index in [4.69, 9.17) is 23.2 Å². The lowest BCUT2D eigenvalue weighted by Crippen LogP contribution is -2.46. The molecule has 0 spiro atoms. The number of nitrogens with zero attached hydrogens (tertiary/aromatic N) is 2. The van der Waals surface area contributed by atoms with Gasteiger partial charge in [-0.1, -0.05) is 71.7 Å². The second kappa shape index (κ2) is 8.35. The van der Waals surface area contributed by atoms with Crippen LogP contribution in [-0.2, 0) is 6.54 Å². The van der Waals surface area contributed by atoms with Crippen LogP contribution >= 0.6 is 23.2 Å². The molecule has 0 N–H and O–H groups in total. The third-order valence-corrected chi connectivity index (χ3v) is 5.87. The monoisotopic (exact) mass is 396 g/mol. The van der Waals surface area contributed by atoms with Crippen molar-refractivity contribution in [2.75, 3.05) is 31.1 Å². The van der Waals surface area contributed by atoms with E-state index in [1.807, 2.05) is 18.2 Å². The van der Waals surface area contributed by atoms with Crippen LogP contribution in [0.15, 0.2) is 72.8 Å². The van der Waals surface area contributed by atoms with E-state index in [1.165, 1.54) is 16.8 Å². The largest absolute Gasteiger partial charge is 0.369 e. The topological polar surface area (TPSA) is 6.48 Å². The molecule has 1 saturated heterocycles. The quantitative estimate of drug-likeness (QED) is 0.534. The Balaban J connectivity index is 1.47. The maximum atomic E-state index is 6.23. The van der Waals surface area contributed by atoms with E-state index in [0.29, 0.717) is 10.0 Å². The highest BCUT2D eigenvalue weighted by Gasteiger charge is 2.18. The molecule has 0 unspecified atom stereocenters. The van der Waals surface area contributed by atoms with Gasteiger partial charge < -0.3 is 4.90 Å². The van der Waals surface area contributed by atoms with Gasteiger partial charge >= 0.3 is 0 Å². The van der Waals surface area contributed by atoms with Gasteiger partial charge in [0.25, 0.3) is 0 Å². The van der Waals surface area contributed by atoms with Crippen LogP contribution in [0.2, 0.25) is 10.0 Å². The molecule has 0 saturated carbocycles. The van der Waals surface area contributed by atoms with Crippen LogP contribution in [0.3, 0.4) is 0 Å². The van der Waals surface area contributed by atoms with Crippen molar-refractivity contribution in [2.24, 2.45) is 0 Å². The van der Waals surface area contributed by atoms with Gasteiger partial charge in [-0.05, 0) is 41.0 Å². The molecule has 0 aromatic heterocycles. The molecule has 1 fully saturated rings. The lowest BCUT2D eigenvalue weighted by molar-refractivity contribution is 0.250. The Morgan fingerprint density at radius 2 is 1.41 bits per heavy atom. The Bertz CT molecular complexity index is 903. The van der Waals surface area contributed by atoms with Crippen molar-refractivity contribution in [3.63, 3.8) is 0 Å². The molecular weight excluding hydrogens is 375 g/mol. The second-order valence-corrected chi connectivity index (χ2v) is 7.70. The summed E-state index contributed by atoms with van der Waals surface area (Å²) in [6.45, 7) is 5.17. The molecule has 1 aliphatic heterocycles. The number of halogens is 2.